The first-order valence-corrected chi connectivity index (χ1v) is 18.9. The number of hydrogen-bond acceptors (Lipinski definition) is 10. The van der Waals surface area contributed by atoms with Crippen LogP contribution < -0.4 is 36.3 Å². The van der Waals surface area contributed by atoms with Crippen molar-refractivity contribution in [2.45, 2.75) is 69.9 Å². The van der Waals surface area contributed by atoms with Gasteiger partial charge in [-0.2, -0.15) is 5.10 Å². The first-order chi connectivity index (χ1) is 26.6. The number of rotatable bonds is 16. The van der Waals surface area contributed by atoms with E-state index in [1.54, 1.807) is 33.7 Å². The molecule has 55 heavy (non-hydrogen) atoms. The number of nitrogens with one attached hydrogen (secondary N) is 5. The number of amides is 4. The maximum atomic E-state index is 12.9. The molecule has 1 unspecified atom stereocenters. The lowest BCUT2D eigenvalue weighted by Gasteiger charge is -2.32. The molecule has 2 aliphatic rings. The third-order valence-corrected chi connectivity index (χ3v) is 10.5. The average Bonchev–Trinajstić information content (AvgIpc) is 3.69. The molecule has 4 heterocycles. The van der Waals surface area contributed by atoms with Gasteiger partial charge in [-0.05, 0) is 73.4 Å². The Morgan fingerprint density at radius 2 is 1.69 bits per heavy atom. The molecule has 15 nitrogen and oxygen atoms in total. The molecule has 0 aliphatic carbocycles. The van der Waals surface area contributed by atoms with Crippen molar-refractivity contribution in [3.63, 3.8) is 0 Å². The number of carbonyl (C=O) groups is 4. The lowest BCUT2D eigenvalue weighted by molar-refractivity contribution is -0.134. The van der Waals surface area contributed by atoms with E-state index in [4.69, 9.17) is 9.47 Å². The summed E-state index contributed by atoms with van der Waals surface area (Å²) >= 11 is 0. The third kappa shape index (κ3) is 9.52. The summed E-state index contributed by atoms with van der Waals surface area (Å²) in [5.74, 6) is 1.09. The quantitative estimate of drug-likeness (QED) is 0.0839. The number of aryl methyl sites for hydroxylation is 1. The maximum absolute atomic E-state index is 12.9. The second-order valence-corrected chi connectivity index (χ2v) is 14.2. The third-order valence-electron chi connectivity index (χ3n) is 10.5. The number of unbranched alkanes of at least 4 members (excludes halogenated alkanes) is 2. The van der Waals surface area contributed by atoms with E-state index in [2.05, 4.69) is 43.6 Å². The predicted octanol–water partition coefficient (Wildman–Crippen LogP) is 3.34. The van der Waals surface area contributed by atoms with Gasteiger partial charge in [0, 0.05) is 74.5 Å². The Morgan fingerprint density at radius 1 is 0.964 bits per heavy atom. The summed E-state index contributed by atoms with van der Waals surface area (Å²) < 4.78 is 12.9. The number of piperidine rings is 2. The highest BCUT2D eigenvalue weighted by Crippen LogP contribution is 2.37. The van der Waals surface area contributed by atoms with Crippen molar-refractivity contribution < 1.29 is 28.7 Å². The number of aromatic nitrogens is 3. The van der Waals surface area contributed by atoms with Gasteiger partial charge in [0.2, 0.25) is 23.6 Å². The van der Waals surface area contributed by atoms with Crippen LogP contribution in [0.5, 0.6) is 11.5 Å². The molecular weight excluding hydrogens is 704 g/mol. The van der Waals surface area contributed by atoms with Crippen molar-refractivity contribution in [1.82, 2.24) is 35.6 Å². The van der Waals surface area contributed by atoms with Crippen LogP contribution in [-0.4, -0.2) is 89.7 Å². The van der Waals surface area contributed by atoms with Gasteiger partial charge in [0.25, 0.3) is 5.56 Å². The smallest absolute Gasteiger partial charge is 0.276 e. The fraction of sp³-hybridized carbons (Fsp3) is 0.450. The number of imide groups is 1. The molecule has 5 N–H and O–H groups in total. The van der Waals surface area contributed by atoms with Crippen LogP contribution in [0.15, 0.2) is 53.6 Å². The van der Waals surface area contributed by atoms with Gasteiger partial charge < -0.3 is 34.9 Å². The molecule has 6 rings (SSSR count). The van der Waals surface area contributed by atoms with Gasteiger partial charge in [-0.3, -0.25) is 34.4 Å². The fourth-order valence-corrected chi connectivity index (χ4v) is 7.37. The molecule has 4 aromatic rings. The largest absolute Gasteiger partial charge is 0.496 e. The van der Waals surface area contributed by atoms with E-state index in [0.29, 0.717) is 60.7 Å². The SMILES string of the molecule is COc1cc(-c2cn(C)c(=O)c3[nH]ncc23)cc(OC)c1CNCC(=O)NCCCCCC(=O)N1CCC(c2ccc(NC3CCC(=O)NC3=O)cc2)CC1. The van der Waals surface area contributed by atoms with Crippen LogP contribution in [0.2, 0.25) is 0 Å². The number of likely N-dealkylation sites (tertiary alicyclic amines) is 1. The van der Waals surface area contributed by atoms with Crippen LogP contribution in [-0.2, 0) is 32.8 Å². The summed E-state index contributed by atoms with van der Waals surface area (Å²) in [5, 5.41) is 19.3. The van der Waals surface area contributed by atoms with Crippen molar-refractivity contribution in [2.75, 3.05) is 45.7 Å². The van der Waals surface area contributed by atoms with E-state index < -0.39 is 6.04 Å². The van der Waals surface area contributed by atoms with Gasteiger partial charge in [0.1, 0.15) is 23.1 Å². The number of aromatic amines is 1. The van der Waals surface area contributed by atoms with Gasteiger partial charge in [-0.1, -0.05) is 18.6 Å². The Morgan fingerprint density at radius 3 is 2.38 bits per heavy atom. The van der Waals surface area contributed by atoms with E-state index >= 15 is 0 Å². The number of carbonyl (C=O) groups excluding carboxylic acids is 4. The van der Waals surface area contributed by atoms with E-state index in [1.807, 2.05) is 29.2 Å². The first-order valence-electron chi connectivity index (χ1n) is 18.9. The summed E-state index contributed by atoms with van der Waals surface area (Å²) in [6.45, 7) is 2.45. The van der Waals surface area contributed by atoms with Crippen molar-refractivity contribution in [1.29, 1.82) is 0 Å². The Kier molecular flexibility index (Phi) is 12.8. The summed E-state index contributed by atoms with van der Waals surface area (Å²) in [6.07, 6.45) is 8.92. The molecule has 0 spiro atoms. The highest BCUT2D eigenvalue weighted by atomic mass is 16.5. The standard InChI is InChI=1S/C40H50N8O7/c1-47-24-31(29-22-43-46-38(29)40(47)53)27-19-33(54-2)30(34(20-27)55-3)21-41-23-36(50)42-16-6-4-5-7-37(51)48-17-14-26(15-18-48)25-8-10-28(11-9-25)44-32-12-13-35(49)45-39(32)52/h8-11,19-20,22,24,26,32,41,44H,4-7,12-18,21,23H2,1-3H3,(H,42,50)(H,43,46)(H,45,49,52). The minimum atomic E-state index is -0.408. The maximum Gasteiger partial charge on any atom is 0.276 e. The molecular formula is C40H50N8O7. The van der Waals surface area contributed by atoms with Crippen molar-refractivity contribution in [3.05, 3.63) is 70.3 Å². The van der Waals surface area contributed by atoms with E-state index in [1.165, 1.54) is 10.1 Å². The molecule has 0 bridgehead atoms. The van der Waals surface area contributed by atoms with Crippen molar-refractivity contribution >= 4 is 40.2 Å². The van der Waals surface area contributed by atoms with Gasteiger partial charge in [-0.25, -0.2) is 0 Å². The number of methoxy groups -OCH3 is 2. The van der Waals surface area contributed by atoms with Crippen LogP contribution in [0.1, 0.15) is 68.4 Å². The van der Waals surface area contributed by atoms with Crippen molar-refractivity contribution in [3.8, 4) is 22.6 Å². The number of ether oxygens (including phenoxy) is 2. The molecule has 2 aromatic carbocycles. The zero-order chi connectivity index (χ0) is 38.9. The number of H-pyrrole nitrogens is 1. The second-order valence-electron chi connectivity index (χ2n) is 14.2. The first kappa shape index (κ1) is 39.0. The lowest BCUT2D eigenvalue weighted by atomic mass is 9.89. The number of nitrogens with zero attached hydrogens (tertiary/aromatic N) is 3. The molecule has 0 radical (unpaired) electrons. The number of anilines is 1. The molecule has 2 aromatic heterocycles. The number of fused-ring (bicyclic) bond motifs is 1. The van der Waals surface area contributed by atoms with Gasteiger partial charge in [0.05, 0.1) is 27.0 Å². The van der Waals surface area contributed by atoms with Crippen LogP contribution >= 0.6 is 0 Å². The summed E-state index contributed by atoms with van der Waals surface area (Å²) in [7, 11) is 4.84. The van der Waals surface area contributed by atoms with Crippen LogP contribution in [0.3, 0.4) is 0 Å². The van der Waals surface area contributed by atoms with Crippen molar-refractivity contribution in [2.24, 2.45) is 7.05 Å². The zero-order valence-corrected chi connectivity index (χ0v) is 31.7. The van der Waals surface area contributed by atoms with Gasteiger partial charge in [0.15, 0.2) is 0 Å². The Balaban J connectivity index is 0.866. The fourth-order valence-electron chi connectivity index (χ4n) is 7.37. The Bertz CT molecular complexity index is 2040. The molecule has 292 valence electrons. The Hall–Kier alpha value is -5.70. The highest BCUT2D eigenvalue weighted by Gasteiger charge is 2.27. The van der Waals surface area contributed by atoms with E-state index in [-0.39, 0.29) is 35.7 Å². The molecule has 2 fully saturated rings. The lowest BCUT2D eigenvalue weighted by Crippen LogP contribution is -2.47. The normalized spacial score (nSPS) is 16.2. The van der Waals surface area contributed by atoms with Crippen LogP contribution in [0.4, 0.5) is 5.69 Å². The molecule has 1 atom stereocenters. The van der Waals surface area contributed by atoms with E-state index in [9.17, 15) is 24.0 Å². The van der Waals surface area contributed by atoms with Crippen LogP contribution in [0.25, 0.3) is 22.0 Å². The van der Waals surface area contributed by atoms with Crippen LogP contribution in [0, 0.1) is 0 Å². The Labute approximate surface area is 319 Å². The highest BCUT2D eigenvalue weighted by molar-refractivity contribution is 6.01. The topological polar surface area (TPSA) is 189 Å². The van der Waals surface area contributed by atoms with E-state index in [0.717, 1.165) is 67.6 Å². The zero-order valence-electron chi connectivity index (χ0n) is 31.7. The summed E-state index contributed by atoms with van der Waals surface area (Å²) in [4.78, 5) is 63.4. The second kappa shape index (κ2) is 18.1. The van der Waals surface area contributed by atoms with Gasteiger partial charge >= 0.3 is 0 Å². The molecule has 4 amide bonds. The molecule has 0 saturated carbocycles. The molecule has 2 aliphatic heterocycles. The number of pyridine rings is 1. The minimum Gasteiger partial charge on any atom is -0.496 e. The summed E-state index contributed by atoms with van der Waals surface area (Å²) in [5.41, 5.74) is 4.68. The molecule has 15 heteroatoms. The minimum absolute atomic E-state index is 0.113. The molecule has 2 saturated heterocycles. The summed E-state index contributed by atoms with van der Waals surface area (Å²) in [6, 6.07) is 11.5. The van der Waals surface area contributed by atoms with Gasteiger partial charge in [-0.15, -0.1) is 0 Å². The average molecular weight is 755 g/mol. The number of hydrogen-bond donors (Lipinski definition) is 5. The monoisotopic (exact) mass is 754 g/mol. The number of benzene rings is 2. The predicted molar refractivity (Wildman–Crippen MR) is 208 cm³/mol.